The first-order chi connectivity index (χ1) is 18.2. The van der Waals surface area contributed by atoms with Crippen LogP contribution in [0.4, 0.5) is 21.7 Å². The van der Waals surface area contributed by atoms with Crippen molar-refractivity contribution in [1.29, 1.82) is 0 Å². The van der Waals surface area contributed by atoms with Crippen molar-refractivity contribution < 1.29 is 4.39 Å². The highest BCUT2D eigenvalue weighted by Crippen LogP contribution is 2.29. The number of aryl methyl sites for hydroxylation is 3. The van der Waals surface area contributed by atoms with Gasteiger partial charge < -0.3 is 19.7 Å². The van der Waals surface area contributed by atoms with Gasteiger partial charge in [0.05, 0.1) is 17.4 Å². The van der Waals surface area contributed by atoms with Crippen molar-refractivity contribution in [3.8, 4) is 11.1 Å². The molecule has 1 aromatic carbocycles. The van der Waals surface area contributed by atoms with Crippen LogP contribution in [0.5, 0.6) is 0 Å². The van der Waals surface area contributed by atoms with E-state index in [-0.39, 0.29) is 11.4 Å². The molecular weight excluding hydrogens is 479 g/mol. The predicted molar refractivity (Wildman–Crippen MR) is 153 cm³/mol. The van der Waals surface area contributed by atoms with E-state index in [4.69, 9.17) is 0 Å². The fourth-order valence-corrected chi connectivity index (χ4v) is 5.56. The Balaban J connectivity index is 1.42. The molecule has 1 N–H and O–H groups in total. The molecule has 198 valence electrons. The summed E-state index contributed by atoms with van der Waals surface area (Å²) in [5.74, 6) is 1.01. The van der Waals surface area contributed by atoms with Crippen LogP contribution in [0.25, 0.3) is 22.0 Å². The molecule has 4 heterocycles. The standard InChI is InChI=1S/C30H35FN6O/c1-6-37-26-16-28(34-27-8-7-24(18-33-27)36(5)23-9-11-35(4)12-10-23)32-17-21(26)15-25(30(37)38)29-19(2)13-22(31)14-20(29)3/h7-8,13-18,23H,6,9-12H2,1-5H3,(H,32,33,34). The van der Waals surface area contributed by atoms with Crippen LogP contribution < -0.4 is 15.8 Å². The lowest BCUT2D eigenvalue weighted by atomic mass is 9.95. The smallest absolute Gasteiger partial charge is 0.258 e. The number of anilines is 3. The van der Waals surface area contributed by atoms with Gasteiger partial charge in [-0.1, -0.05) is 0 Å². The largest absolute Gasteiger partial charge is 0.370 e. The van der Waals surface area contributed by atoms with Crippen molar-refractivity contribution >= 4 is 28.2 Å². The van der Waals surface area contributed by atoms with Crippen LogP contribution in [0.3, 0.4) is 0 Å². The van der Waals surface area contributed by atoms with Crippen LogP contribution in [-0.4, -0.2) is 52.7 Å². The van der Waals surface area contributed by atoms with Crippen LogP contribution >= 0.6 is 0 Å². The number of nitrogens with zero attached hydrogens (tertiary/aromatic N) is 5. The van der Waals surface area contributed by atoms with Crippen molar-refractivity contribution in [3.63, 3.8) is 0 Å². The van der Waals surface area contributed by atoms with E-state index in [1.807, 2.05) is 45.2 Å². The summed E-state index contributed by atoms with van der Waals surface area (Å²) in [5, 5.41) is 4.13. The van der Waals surface area contributed by atoms with E-state index in [0.717, 1.165) is 59.2 Å². The summed E-state index contributed by atoms with van der Waals surface area (Å²) in [5.41, 5.74) is 4.59. The quantitative estimate of drug-likeness (QED) is 0.366. The average Bonchev–Trinajstić information content (AvgIpc) is 2.89. The molecule has 0 radical (unpaired) electrons. The van der Waals surface area contributed by atoms with Crippen molar-refractivity contribution in [3.05, 3.63) is 76.1 Å². The van der Waals surface area contributed by atoms with E-state index < -0.39 is 0 Å². The molecular formula is C30H35FN6O. The normalized spacial score (nSPS) is 14.7. The van der Waals surface area contributed by atoms with Gasteiger partial charge >= 0.3 is 0 Å². The second-order valence-electron chi connectivity index (χ2n) is 10.3. The first-order valence-corrected chi connectivity index (χ1v) is 13.2. The van der Waals surface area contributed by atoms with Crippen LogP contribution in [0.15, 0.2) is 53.6 Å². The second kappa shape index (κ2) is 10.5. The third kappa shape index (κ3) is 5.00. The molecule has 0 aliphatic carbocycles. The highest BCUT2D eigenvalue weighted by Gasteiger charge is 2.21. The molecule has 1 saturated heterocycles. The summed E-state index contributed by atoms with van der Waals surface area (Å²) in [4.78, 5) is 27.4. The van der Waals surface area contributed by atoms with Gasteiger partial charge in [-0.2, -0.15) is 0 Å². The Labute approximate surface area is 223 Å². The zero-order valence-electron chi connectivity index (χ0n) is 22.8. The Hall–Kier alpha value is -3.78. The number of hydrogen-bond donors (Lipinski definition) is 1. The molecule has 1 aliphatic heterocycles. The molecule has 1 aliphatic rings. The average molecular weight is 515 g/mol. The van der Waals surface area contributed by atoms with Gasteiger partial charge in [0.15, 0.2) is 0 Å². The molecule has 0 atom stereocenters. The number of likely N-dealkylation sites (tertiary alicyclic amines) is 1. The Kier molecular flexibility index (Phi) is 7.17. The van der Waals surface area contributed by atoms with Crippen LogP contribution in [0.2, 0.25) is 0 Å². The molecule has 5 rings (SSSR count). The number of hydrogen-bond acceptors (Lipinski definition) is 6. The Morgan fingerprint density at radius 2 is 1.71 bits per heavy atom. The molecule has 8 heteroatoms. The van der Waals surface area contributed by atoms with Gasteiger partial charge in [-0.05, 0) is 101 Å². The summed E-state index contributed by atoms with van der Waals surface area (Å²) in [7, 11) is 4.31. The lowest BCUT2D eigenvalue weighted by Gasteiger charge is -2.36. The maximum atomic E-state index is 13.9. The second-order valence-corrected chi connectivity index (χ2v) is 10.3. The van der Waals surface area contributed by atoms with E-state index in [2.05, 4.69) is 45.2 Å². The van der Waals surface area contributed by atoms with E-state index in [1.54, 1.807) is 10.8 Å². The first kappa shape index (κ1) is 25.9. The third-order valence-electron chi connectivity index (χ3n) is 7.71. The highest BCUT2D eigenvalue weighted by molar-refractivity contribution is 5.86. The number of nitrogens with one attached hydrogen (secondary N) is 1. The molecule has 1 fully saturated rings. The summed E-state index contributed by atoms with van der Waals surface area (Å²) >= 11 is 0. The zero-order valence-corrected chi connectivity index (χ0v) is 22.8. The SMILES string of the molecule is CCn1c(=O)c(-c2c(C)cc(F)cc2C)cc2cnc(Nc3ccc(N(C)C4CCN(C)CC4)cn3)cc21. The van der Waals surface area contributed by atoms with E-state index in [0.29, 0.717) is 29.8 Å². The predicted octanol–water partition coefficient (Wildman–Crippen LogP) is 5.51. The number of rotatable bonds is 6. The van der Waals surface area contributed by atoms with Gasteiger partial charge in [0.2, 0.25) is 0 Å². The van der Waals surface area contributed by atoms with Crippen molar-refractivity contribution in [2.24, 2.45) is 0 Å². The monoisotopic (exact) mass is 514 g/mol. The van der Waals surface area contributed by atoms with Crippen LogP contribution in [0, 0.1) is 19.7 Å². The van der Waals surface area contributed by atoms with Gasteiger partial charge in [0.1, 0.15) is 17.5 Å². The van der Waals surface area contributed by atoms with Crippen LogP contribution in [-0.2, 0) is 6.54 Å². The molecule has 0 bridgehead atoms. The van der Waals surface area contributed by atoms with E-state index in [1.165, 1.54) is 12.1 Å². The molecule has 0 unspecified atom stereocenters. The number of fused-ring (bicyclic) bond motifs is 1. The summed E-state index contributed by atoms with van der Waals surface area (Å²) in [6, 6.07) is 11.2. The lowest BCUT2D eigenvalue weighted by Crippen LogP contribution is -2.42. The molecule has 4 aromatic rings. The van der Waals surface area contributed by atoms with E-state index in [9.17, 15) is 9.18 Å². The Morgan fingerprint density at radius 1 is 1.03 bits per heavy atom. The molecule has 3 aromatic heterocycles. The molecule has 0 saturated carbocycles. The Morgan fingerprint density at radius 3 is 2.34 bits per heavy atom. The Bertz CT molecular complexity index is 1500. The first-order valence-electron chi connectivity index (χ1n) is 13.2. The van der Waals surface area contributed by atoms with Gasteiger partial charge in [-0.3, -0.25) is 4.79 Å². The molecule has 7 nitrogen and oxygen atoms in total. The zero-order chi connectivity index (χ0) is 27.0. The molecule has 0 amide bonds. The lowest BCUT2D eigenvalue weighted by molar-refractivity contribution is 0.253. The number of aromatic nitrogens is 3. The summed E-state index contributed by atoms with van der Waals surface area (Å²) < 4.78 is 15.6. The number of benzene rings is 1. The summed E-state index contributed by atoms with van der Waals surface area (Å²) in [6.45, 7) is 8.35. The van der Waals surface area contributed by atoms with Crippen molar-refractivity contribution in [1.82, 2.24) is 19.4 Å². The topological polar surface area (TPSA) is 66.3 Å². The van der Waals surface area contributed by atoms with Gasteiger partial charge in [0.25, 0.3) is 5.56 Å². The number of halogens is 1. The van der Waals surface area contributed by atoms with Gasteiger partial charge in [-0.15, -0.1) is 0 Å². The van der Waals surface area contributed by atoms with Crippen molar-refractivity contribution in [2.75, 3.05) is 37.4 Å². The van der Waals surface area contributed by atoms with Crippen molar-refractivity contribution in [2.45, 2.75) is 46.2 Å². The summed E-state index contributed by atoms with van der Waals surface area (Å²) in [6.07, 6.45) is 5.96. The van der Waals surface area contributed by atoms with Crippen LogP contribution in [0.1, 0.15) is 30.9 Å². The number of pyridine rings is 3. The minimum Gasteiger partial charge on any atom is -0.370 e. The van der Waals surface area contributed by atoms with E-state index >= 15 is 0 Å². The highest BCUT2D eigenvalue weighted by atomic mass is 19.1. The minimum absolute atomic E-state index is 0.102. The number of piperidine rings is 1. The maximum absolute atomic E-state index is 13.9. The third-order valence-corrected chi connectivity index (χ3v) is 7.71. The van der Waals surface area contributed by atoms with Gasteiger partial charge in [0, 0.05) is 42.8 Å². The minimum atomic E-state index is -0.298. The fourth-order valence-electron chi connectivity index (χ4n) is 5.56. The van der Waals surface area contributed by atoms with Gasteiger partial charge in [-0.25, -0.2) is 14.4 Å². The molecule has 38 heavy (non-hydrogen) atoms. The molecule has 0 spiro atoms. The fraction of sp³-hybridized carbons (Fsp3) is 0.367. The maximum Gasteiger partial charge on any atom is 0.258 e.